The van der Waals surface area contributed by atoms with E-state index < -0.39 is 30.5 Å². The second-order valence-corrected chi connectivity index (χ2v) is 10.9. The molecule has 3 aliphatic rings. The molecule has 0 spiro atoms. The number of carbonyl (C=O) groups is 5. The fourth-order valence-corrected chi connectivity index (χ4v) is 6.37. The van der Waals surface area contributed by atoms with Crippen molar-refractivity contribution in [1.82, 2.24) is 4.90 Å². The number of likely N-dealkylation sites (tertiary alicyclic amines) is 1. The van der Waals surface area contributed by atoms with Gasteiger partial charge in [-0.15, -0.1) is 0 Å². The first-order valence-corrected chi connectivity index (χ1v) is 14.0. The Morgan fingerprint density at radius 2 is 1.57 bits per heavy atom. The van der Waals surface area contributed by atoms with Crippen LogP contribution in [-0.2, 0) is 35.1 Å². The minimum absolute atomic E-state index is 0.114. The number of unbranched alkanes of at least 4 members (excludes halogenated alkanes) is 1. The molecule has 0 unspecified atom stereocenters. The number of esters is 2. The monoisotopic (exact) mass is 546 g/mol. The highest BCUT2D eigenvalue weighted by molar-refractivity contribution is 6.08. The van der Waals surface area contributed by atoms with Crippen molar-refractivity contribution < 1.29 is 33.4 Å². The minimum atomic E-state index is -1.14. The Morgan fingerprint density at radius 3 is 2.20 bits per heavy atom. The summed E-state index contributed by atoms with van der Waals surface area (Å²) >= 11 is 0. The zero-order valence-electron chi connectivity index (χ0n) is 22.5. The molecule has 2 saturated carbocycles. The Balaban J connectivity index is 1.22. The quantitative estimate of drug-likeness (QED) is 0.259. The Kier molecular flexibility index (Phi) is 8.28. The first kappa shape index (κ1) is 27.6. The molecular formula is C31H34N2O7. The molecule has 2 bridgehead atoms. The van der Waals surface area contributed by atoms with E-state index in [0.29, 0.717) is 17.9 Å². The van der Waals surface area contributed by atoms with Gasteiger partial charge in [-0.25, -0.2) is 9.59 Å². The van der Waals surface area contributed by atoms with Gasteiger partial charge in [-0.1, -0.05) is 43.7 Å². The number of hydrogen-bond acceptors (Lipinski definition) is 7. The highest BCUT2D eigenvalue weighted by Crippen LogP contribution is 2.56. The number of amides is 3. The van der Waals surface area contributed by atoms with Gasteiger partial charge in [0.15, 0.2) is 6.61 Å². The summed E-state index contributed by atoms with van der Waals surface area (Å²) in [5.74, 6) is -2.72. The number of carbonyl (C=O) groups excluding carboxylic acids is 5. The van der Waals surface area contributed by atoms with E-state index in [2.05, 4.69) is 5.32 Å². The fraction of sp³-hybridized carbons (Fsp3) is 0.452. The van der Waals surface area contributed by atoms with Crippen LogP contribution in [0.25, 0.3) is 0 Å². The zero-order chi connectivity index (χ0) is 28.2. The van der Waals surface area contributed by atoms with Crippen molar-refractivity contribution in [2.75, 3.05) is 18.5 Å². The van der Waals surface area contributed by atoms with E-state index in [-0.39, 0.29) is 41.9 Å². The molecular weight excluding hydrogens is 512 g/mol. The van der Waals surface area contributed by atoms with Crippen LogP contribution in [0.5, 0.6) is 0 Å². The van der Waals surface area contributed by atoms with Gasteiger partial charge in [0, 0.05) is 12.1 Å². The first-order valence-electron chi connectivity index (χ1n) is 14.0. The molecule has 40 heavy (non-hydrogen) atoms. The van der Waals surface area contributed by atoms with Crippen molar-refractivity contribution in [3.63, 3.8) is 0 Å². The van der Waals surface area contributed by atoms with E-state index in [9.17, 15) is 24.0 Å². The minimum Gasteiger partial charge on any atom is -0.462 e. The van der Waals surface area contributed by atoms with Crippen molar-refractivity contribution in [3.8, 4) is 0 Å². The van der Waals surface area contributed by atoms with E-state index >= 15 is 0 Å². The molecule has 210 valence electrons. The molecule has 5 rings (SSSR count). The summed E-state index contributed by atoms with van der Waals surface area (Å²) in [7, 11) is 0. The van der Waals surface area contributed by atoms with E-state index in [1.165, 1.54) is 0 Å². The van der Waals surface area contributed by atoms with E-state index in [4.69, 9.17) is 9.47 Å². The van der Waals surface area contributed by atoms with E-state index in [1.54, 1.807) is 24.3 Å². The smallest absolute Gasteiger partial charge is 0.338 e. The van der Waals surface area contributed by atoms with Gasteiger partial charge in [0.25, 0.3) is 5.91 Å². The number of rotatable bonds is 11. The number of nitrogens with zero attached hydrogens (tertiary/aromatic N) is 1. The van der Waals surface area contributed by atoms with Crippen LogP contribution >= 0.6 is 0 Å². The largest absolute Gasteiger partial charge is 0.462 e. The lowest BCUT2D eigenvalue weighted by Crippen LogP contribution is -2.48. The maximum Gasteiger partial charge on any atom is 0.338 e. The second kappa shape index (κ2) is 12.0. The molecule has 3 amide bonds. The Hall–Kier alpha value is -4.01. The third-order valence-electron chi connectivity index (χ3n) is 8.30. The standard InChI is InChI=1S/C31H34N2O7/c1-2-3-15-39-30(37)20-11-13-23(14-12-20)32-25(34)18-40-31(38)24(16-19-7-5-4-6-8-19)33-28(35)26-21-9-10-22(17-21)27(26)29(33)36/h4-8,11-14,21-22,24,26-27H,2-3,9-10,15-18H2,1H3,(H,32,34)/t21-,22-,24-,26+,27+/m0/s1. The van der Waals surface area contributed by atoms with E-state index in [1.807, 2.05) is 37.3 Å². The van der Waals surface area contributed by atoms with Gasteiger partial charge in [-0.2, -0.15) is 0 Å². The van der Waals surface area contributed by atoms with Gasteiger partial charge in [0.1, 0.15) is 6.04 Å². The van der Waals surface area contributed by atoms with Gasteiger partial charge in [-0.3, -0.25) is 19.3 Å². The number of anilines is 1. The van der Waals surface area contributed by atoms with Crippen molar-refractivity contribution in [3.05, 3.63) is 65.7 Å². The molecule has 9 nitrogen and oxygen atoms in total. The lowest BCUT2D eigenvalue weighted by Gasteiger charge is -2.26. The normalized spacial score (nSPS) is 23.6. The summed E-state index contributed by atoms with van der Waals surface area (Å²) in [6, 6.07) is 14.2. The summed E-state index contributed by atoms with van der Waals surface area (Å²) < 4.78 is 10.5. The highest BCUT2D eigenvalue weighted by atomic mass is 16.5. The van der Waals surface area contributed by atoms with Crippen LogP contribution in [0.2, 0.25) is 0 Å². The number of fused-ring (bicyclic) bond motifs is 5. The molecule has 2 aromatic rings. The summed E-state index contributed by atoms with van der Waals surface area (Å²) in [5, 5.41) is 2.63. The predicted molar refractivity (Wildman–Crippen MR) is 145 cm³/mol. The maximum atomic E-state index is 13.4. The van der Waals surface area contributed by atoms with Gasteiger partial charge < -0.3 is 14.8 Å². The highest BCUT2D eigenvalue weighted by Gasteiger charge is 2.62. The Bertz CT molecular complexity index is 1250. The van der Waals surface area contributed by atoms with Crippen LogP contribution in [0.1, 0.15) is 54.9 Å². The molecule has 0 aromatic heterocycles. The van der Waals surface area contributed by atoms with Crippen molar-refractivity contribution in [1.29, 1.82) is 0 Å². The average molecular weight is 547 g/mol. The predicted octanol–water partition coefficient (Wildman–Crippen LogP) is 3.77. The molecule has 1 saturated heterocycles. The summed E-state index contributed by atoms with van der Waals surface area (Å²) in [6.07, 6.45) is 4.59. The fourth-order valence-electron chi connectivity index (χ4n) is 6.37. The van der Waals surface area contributed by atoms with Crippen LogP contribution in [0.15, 0.2) is 54.6 Å². The summed E-state index contributed by atoms with van der Waals surface area (Å²) in [5.41, 5.74) is 1.56. The van der Waals surface area contributed by atoms with Crippen LogP contribution in [0.4, 0.5) is 5.69 Å². The first-order chi connectivity index (χ1) is 19.4. The lowest BCUT2D eigenvalue weighted by atomic mass is 9.81. The number of imide groups is 1. The Labute approximate surface area is 233 Å². The third-order valence-corrected chi connectivity index (χ3v) is 8.30. The third kappa shape index (κ3) is 5.64. The van der Waals surface area contributed by atoms with Crippen LogP contribution in [0, 0.1) is 23.7 Å². The van der Waals surface area contributed by atoms with Crippen LogP contribution < -0.4 is 5.32 Å². The molecule has 1 aliphatic heterocycles. The maximum absolute atomic E-state index is 13.4. The molecule has 3 fully saturated rings. The molecule has 2 aromatic carbocycles. The molecule has 9 heteroatoms. The van der Waals surface area contributed by atoms with Crippen molar-refractivity contribution >= 4 is 35.3 Å². The van der Waals surface area contributed by atoms with Crippen molar-refractivity contribution in [2.24, 2.45) is 23.7 Å². The van der Waals surface area contributed by atoms with Crippen molar-refractivity contribution in [2.45, 2.75) is 51.5 Å². The SMILES string of the molecule is CCCCOC(=O)c1ccc(NC(=O)COC(=O)[C@H](Cc2ccccc2)N2C(=O)[C@@H]3[C@H]4CC[C@@H](C4)[C@H]3C2=O)cc1. The molecule has 1 heterocycles. The van der Waals surface area contributed by atoms with E-state index in [0.717, 1.165) is 42.6 Å². The zero-order valence-corrected chi connectivity index (χ0v) is 22.5. The lowest BCUT2D eigenvalue weighted by molar-refractivity contribution is -0.160. The summed E-state index contributed by atoms with van der Waals surface area (Å²) in [4.78, 5) is 65.9. The molecule has 5 atom stereocenters. The average Bonchev–Trinajstić information content (AvgIpc) is 3.65. The van der Waals surface area contributed by atoms with Crippen LogP contribution in [0.3, 0.4) is 0 Å². The summed E-state index contributed by atoms with van der Waals surface area (Å²) in [6.45, 7) is 1.77. The molecule has 0 radical (unpaired) electrons. The van der Waals surface area contributed by atoms with Gasteiger partial charge in [0.05, 0.1) is 24.0 Å². The number of hydrogen-bond donors (Lipinski definition) is 1. The topological polar surface area (TPSA) is 119 Å². The van der Waals surface area contributed by atoms with Crippen LogP contribution in [-0.4, -0.2) is 53.8 Å². The number of benzene rings is 2. The van der Waals surface area contributed by atoms with Gasteiger partial charge in [0.2, 0.25) is 11.8 Å². The molecule has 2 aliphatic carbocycles. The number of nitrogens with one attached hydrogen (secondary N) is 1. The van der Waals surface area contributed by atoms with Gasteiger partial charge >= 0.3 is 11.9 Å². The Morgan fingerprint density at radius 1 is 0.925 bits per heavy atom. The molecule has 1 N–H and O–H groups in total. The van der Waals surface area contributed by atoms with Gasteiger partial charge in [-0.05, 0) is 67.3 Å². The second-order valence-electron chi connectivity index (χ2n) is 10.9. The number of ether oxygens (including phenoxy) is 2.